The van der Waals surface area contributed by atoms with Crippen molar-refractivity contribution in [1.29, 1.82) is 0 Å². The number of fused-ring (bicyclic) bond motifs is 2. The number of carbonyl (C=O) groups excluding carboxylic acids is 3. The van der Waals surface area contributed by atoms with Crippen molar-refractivity contribution in [2.24, 2.45) is 0 Å². The lowest BCUT2D eigenvalue weighted by atomic mass is 9.91. The van der Waals surface area contributed by atoms with E-state index >= 15 is 0 Å². The summed E-state index contributed by atoms with van der Waals surface area (Å²) in [5, 5.41) is 23.3. The summed E-state index contributed by atoms with van der Waals surface area (Å²) < 4.78 is 0. The van der Waals surface area contributed by atoms with Crippen molar-refractivity contribution in [3.05, 3.63) is 59.3 Å². The van der Waals surface area contributed by atoms with Crippen molar-refractivity contribution in [2.75, 3.05) is 13.1 Å². The van der Waals surface area contributed by atoms with Gasteiger partial charge in [-0.3, -0.25) is 24.8 Å². The molecule has 1 aromatic heterocycles. The van der Waals surface area contributed by atoms with E-state index in [1.807, 2.05) is 6.20 Å². The van der Waals surface area contributed by atoms with Crippen molar-refractivity contribution in [3.8, 4) is 5.75 Å². The quantitative estimate of drug-likeness (QED) is 0.384. The smallest absolute Gasteiger partial charge is 0.255 e. The number of amides is 3. The van der Waals surface area contributed by atoms with Gasteiger partial charge in [-0.2, -0.15) is 5.10 Å². The Bertz CT molecular complexity index is 1300. The van der Waals surface area contributed by atoms with E-state index in [9.17, 15) is 19.5 Å². The van der Waals surface area contributed by atoms with Gasteiger partial charge < -0.3 is 15.3 Å². The van der Waals surface area contributed by atoms with Crippen LogP contribution in [0.15, 0.2) is 42.6 Å². The molecule has 7 rings (SSSR count). The van der Waals surface area contributed by atoms with Crippen LogP contribution in [-0.2, 0) is 16.1 Å². The van der Waals surface area contributed by atoms with E-state index in [-0.39, 0.29) is 30.5 Å². The van der Waals surface area contributed by atoms with Gasteiger partial charge in [-0.25, -0.2) is 0 Å². The van der Waals surface area contributed by atoms with Crippen molar-refractivity contribution < 1.29 is 19.5 Å². The number of aromatic nitrogens is 2. The zero-order chi connectivity index (χ0) is 26.5. The largest absolute Gasteiger partial charge is 0.508 e. The number of hydrogen-bond acceptors (Lipinski definition) is 6. The number of phenols is 1. The number of aromatic hydroxyl groups is 1. The molecule has 2 aromatic carbocycles. The molecule has 1 saturated carbocycles. The maximum absolute atomic E-state index is 12.2. The lowest BCUT2D eigenvalue weighted by molar-refractivity contribution is -0.136. The molecule has 9 heteroatoms. The first kappa shape index (κ1) is 25.9. The standard InChI is InChI=1S/C13H12N2O4.C10H11N3.C6H12/c16-8-1-2-9-7(5-8)6-15(13(9)19)10-3-4-11(17)14-12(10)18;1-2-8(7-4-11-5-7)9-6-12-13-10(9)3-1;1-2-4-6-5-3-1/h1-2,5,10,16H,3-4,6H2,(H,14,17,18);1-3,6-7,11H,4-5H2,(H,12,13);1-6H2. The van der Waals surface area contributed by atoms with Crippen LogP contribution in [-0.4, -0.2) is 57.1 Å². The fraction of sp³-hybridized carbons (Fsp3) is 0.448. The summed E-state index contributed by atoms with van der Waals surface area (Å²) in [6.07, 6.45) is 11.5. The van der Waals surface area contributed by atoms with Crippen molar-refractivity contribution >= 4 is 28.6 Å². The van der Waals surface area contributed by atoms with Crippen LogP contribution >= 0.6 is 0 Å². The molecule has 4 aliphatic rings. The number of benzene rings is 2. The Morgan fingerprint density at radius 2 is 1.68 bits per heavy atom. The molecule has 0 radical (unpaired) electrons. The Hall–Kier alpha value is -3.72. The summed E-state index contributed by atoms with van der Waals surface area (Å²) in [6, 6.07) is 10.3. The molecule has 3 fully saturated rings. The molecule has 3 amide bonds. The molecular weight excluding hydrogens is 482 g/mol. The molecule has 9 nitrogen and oxygen atoms in total. The van der Waals surface area contributed by atoms with E-state index in [1.54, 1.807) is 6.07 Å². The van der Waals surface area contributed by atoms with Crippen LogP contribution in [0, 0.1) is 0 Å². The van der Waals surface area contributed by atoms with Gasteiger partial charge in [0.25, 0.3) is 5.91 Å². The highest BCUT2D eigenvalue weighted by atomic mass is 16.3. The number of hydrogen-bond donors (Lipinski definition) is 4. The third-order valence-corrected chi connectivity index (χ3v) is 7.75. The number of aromatic amines is 1. The van der Waals surface area contributed by atoms with Gasteiger partial charge in [0.1, 0.15) is 11.8 Å². The third-order valence-electron chi connectivity index (χ3n) is 7.75. The average molecular weight is 518 g/mol. The number of piperidine rings is 1. The second kappa shape index (κ2) is 11.8. The number of nitrogens with zero attached hydrogens (tertiary/aromatic N) is 2. The maximum Gasteiger partial charge on any atom is 0.255 e. The maximum atomic E-state index is 12.2. The van der Waals surface area contributed by atoms with Gasteiger partial charge in [0.05, 0.1) is 11.7 Å². The highest BCUT2D eigenvalue weighted by Crippen LogP contribution is 2.30. The summed E-state index contributed by atoms with van der Waals surface area (Å²) in [4.78, 5) is 36.6. The average Bonchev–Trinajstić information content (AvgIpc) is 3.50. The molecule has 0 spiro atoms. The van der Waals surface area contributed by atoms with Gasteiger partial charge in [0.2, 0.25) is 11.8 Å². The molecule has 1 atom stereocenters. The van der Waals surface area contributed by atoms with E-state index < -0.39 is 11.9 Å². The predicted octanol–water partition coefficient (Wildman–Crippen LogP) is 3.74. The summed E-state index contributed by atoms with van der Waals surface area (Å²) in [5.74, 6) is -0.188. The second-order valence-electron chi connectivity index (χ2n) is 10.4. The topological polar surface area (TPSA) is 127 Å². The summed E-state index contributed by atoms with van der Waals surface area (Å²) in [6.45, 7) is 2.49. The SMILES string of the molecule is C1CCCCC1.O=C1CCC(N2Cc3cc(O)ccc3C2=O)C(=O)N1.c1cc(C2CNC2)c2cn[nH]c2c1. The van der Waals surface area contributed by atoms with E-state index in [0.717, 1.165) is 18.6 Å². The Balaban J connectivity index is 0.000000132. The van der Waals surface area contributed by atoms with Crippen LogP contribution in [0.5, 0.6) is 5.75 Å². The first-order valence-corrected chi connectivity index (χ1v) is 13.6. The van der Waals surface area contributed by atoms with Gasteiger partial charge in [-0.15, -0.1) is 0 Å². The minimum absolute atomic E-state index is 0.0941. The van der Waals surface area contributed by atoms with E-state index in [1.165, 1.54) is 66.5 Å². The van der Waals surface area contributed by atoms with E-state index in [0.29, 0.717) is 23.5 Å². The number of phenolic OH excluding ortho intramolecular Hbond substituents is 1. The van der Waals surface area contributed by atoms with Crippen molar-refractivity contribution in [1.82, 2.24) is 25.7 Å². The first-order valence-electron chi connectivity index (χ1n) is 13.6. The molecule has 2 saturated heterocycles. The van der Waals surface area contributed by atoms with Crippen molar-refractivity contribution in [3.63, 3.8) is 0 Å². The number of imide groups is 1. The number of carbonyl (C=O) groups is 3. The van der Waals surface area contributed by atoms with Crippen LogP contribution in [0.25, 0.3) is 10.9 Å². The van der Waals surface area contributed by atoms with Crippen molar-refractivity contribution in [2.45, 2.75) is 69.9 Å². The molecule has 38 heavy (non-hydrogen) atoms. The summed E-state index contributed by atoms with van der Waals surface area (Å²) >= 11 is 0. The van der Waals surface area contributed by atoms with Crippen LogP contribution in [0.1, 0.15) is 78.8 Å². The first-order chi connectivity index (χ1) is 18.5. The van der Waals surface area contributed by atoms with Gasteiger partial charge >= 0.3 is 0 Å². The molecule has 4 heterocycles. The molecule has 3 aromatic rings. The van der Waals surface area contributed by atoms with Crippen LogP contribution in [0.3, 0.4) is 0 Å². The highest BCUT2D eigenvalue weighted by molar-refractivity contribution is 6.05. The molecule has 1 unspecified atom stereocenters. The van der Waals surface area contributed by atoms with Crippen LogP contribution in [0.2, 0.25) is 0 Å². The fourth-order valence-corrected chi connectivity index (χ4v) is 5.48. The molecular formula is C29H35N5O4. The summed E-state index contributed by atoms with van der Waals surface area (Å²) in [5.41, 5.74) is 3.77. The minimum atomic E-state index is -0.611. The van der Waals surface area contributed by atoms with Gasteiger partial charge in [-0.1, -0.05) is 50.7 Å². The van der Waals surface area contributed by atoms with Gasteiger partial charge in [0, 0.05) is 42.9 Å². The molecule has 1 aliphatic carbocycles. The number of rotatable bonds is 2. The zero-order valence-electron chi connectivity index (χ0n) is 21.5. The van der Waals surface area contributed by atoms with Gasteiger partial charge in [-0.05, 0) is 41.8 Å². The van der Waals surface area contributed by atoms with Gasteiger partial charge in [0.15, 0.2) is 0 Å². The minimum Gasteiger partial charge on any atom is -0.508 e. The molecule has 0 bridgehead atoms. The lowest BCUT2D eigenvalue weighted by Crippen LogP contribution is -2.52. The fourth-order valence-electron chi connectivity index (χ4n) is 5.48. The van der Waals surface area contributed by atoms with Crippen LogP contribution < -0.4 is 10.6 Å². The Labute approximate surface area is 222 Å². The molecule has 200 valence electrons. The zero-order valence-corrected chi connectivity index (χ0v) is 21.5. The highest BCUT2D eigenvalue weighted by Gasteiger charge is 2.39. The monoisotopic (exact) mass is 517 g/mol. The van der Waals surface area contributed by atoms with E-state index in [4.69, 9.17) is 0 Å². The second-order valence-corrected chi connectivity index (χ2v) is 10.4. The molecule has 3 aliphatic heterocycles. The Morgan fingerprint density at radius 3 is 2.34 bits per heavy atom. The normalized spacial score (nSPS) is 21.0. The predicted molar refractivity (Wildman–Crippen MR) is 144 cm³/mol. The Kier molecular flexibility index (Phi) is 8.03. The lowest BCUT2D eigenvalue weighted by Gasteiger charge is -2.29. The number of nitrogens with one attached hydrogen (secondary N) is 3. The Morgan fingerprint density at radius 1 is 0.947 bits per heavy atom. The van der Waals surface area contributed by atoms with E-state index in [2.05, 4.69) is 39.0 Å². The third kappa shape index (κ3) is 5.72. The molecule has 4 N–H and O–H groups in total. The van der Waals surface area contributed by atoms with Crippen LogP contribution in [0.4, 0.5) is 0 Å². The number of H-pyrrole nitrogens is 1. The summed E-state index contributed by atoms with van der Waals surface area (Å²) in [7, 11) is 0.